The molecule has 1 aromatic heterocycles. The zero-order chi connectivity index (χ0) is 19.8. The van der Waals surface area contributed by atoms with Crippen molar-refractivity contribution in [1.29, 1.82) is 0 Å². The van der Waals surface area contributed by atoms with Gasteiger partial charge in [0.25, 0.3) is 0 Å². The van der Waals surface area contributed by atoms with Gasteiger partial charge in [0.1, 0.15) is 0 Å². The third-order valence-corrected chi connectivity index (χ3v) is 4.62. The number of phenols is 1. The highest BCUT2D eigenvalue weighted by atomic mass is 127. The number of halogens is 1. The number of nitrogens with zero attached hydrogens (tertiary/aromatic N) is 1. The SMILES string of the molecule is CCNC(=NCCc1c[nH]c2ccccc12)NCCc1ccc(O)c(OC)c1.I. The van der Waals surface area contributed by atoms with E-state index in [4.69, 9.17) is 9.73 Å². The van der Waals surface area contributed by atoms with Gasteiger partial charge in [-0.25, -0.2) is 0 Å². The highest BCUT2D eigenvalue weighted by Gasteiger charge is 2.05. The molecule has 1 heterocycles. The number of rotatable bonds is 8. The van der Waals surface area contributed by atoms with Crippen LogP contribution in [0.3, 0.4) is 0 Å². The Morgan fingerprint density at radius 3 is 2.76 bits per heavy atom. The van der Waals surface area contributed by atoms with Crippen molar-refractivity contribution >= 4 is 40.8 Å². The van der Waals surface area contributed by atoms with Gasteiger partial charge in [-0.1, -0.05) is 24.3 Å². The van der Waals surface area contributed by atoms with E-state index in [0.717, 1.165) is 43.0 Å². The second-order valence-corrected chi connectivity index (χ2v) is 6.55. The van der Waals surface area contributed by atoms with Crippen molar-refractivity contribution in [3.8, 4) is 11.5 Å². The number of nitrogens with one attached hydrogen (secondary N) is 3. The molecule has 3 rings (SSSR count). The minimum absolute atomic E-state index is 0. The van der Waals surface area contributed by atoms with E-state index in [9.17, 15) is 5.11 Å². The van der Waals surface area contributed by atoms with E-state index in [1.807, 2.05) is 18.2 Å². The molecule has 0 unspecified atom stereocenters. The first-order chi connectivity index (χ1) is 13.7. The molecule has 29 heavy (non-hydrogen) atoms. The second kappa shape index (κ2) is 11.5. The molecule has 0 saturated heterocycles. The first kappa shape index (κ1) is 22.9. The molecule has 7 heteroatoms. The number of guanidine groups is 1. The summed E-state index contributed by atoms with van der Waals surface area (Å²) in [6.07, 6.45) is 3.76. The fourth-order valence-electron chi connectivity index (χ4n) is 3.17. The zero-order valence-electron chi connectivity index (χ0n) is 16.9. The Morgan fingerprint density at radius 2 is 1.97 bits per heavy atom. The smallest absolute Gasteiger partial charge is 0.191 e. The van der Waals surface area contributed by atoms with E-state index in [-0.39, 0.29) is 29.7 Å². The maximum atomic E-state index is 9.69. The second-order valence-electron chi connectivity index (χ2n) is 6.55. The number of hydrogen-bond acceptors (Lipinski definition) is 3. The van der Waals surface area contributed by atoms with Gasteiger partial charge in [0.15, 0.2) is 17.5 Å². The van der Waals surface area contributed by atoms with Gasteiger partial charge in [0.05, 0.1) is 7.11 Å². The maximum Gasteiger partial charge on any atom is 0.191 e. The summed E-state index contributed by atoms with van der Waals surface area (Å²) in [7, 11) is 1.56. The van der Waals surface area contributed by atoms with Gasteiger partial charge < -0.3 is 25.5 Å². The molecular weight excluding hydrogens is 479 g/mol. The third-order valence-electron chi connectivity index (χ3n) is 4.62. The predicted octanol–water partition coefficient (Wildman–Crippen LogP) is 3.84. The topological polar surface area (TPSA) is 81.7 Å². The Bertz CT molecular complexity index is 939. The van der Waals surface area contributed by atoms with Gasteiger partial charge in [0, 0.05) is 36.7 Å². The van der Waals surface area contributed by atoms with Gasteiger partial charge in [-0.05, 0) is 49.1 Å². The van der Waals surface area contributed by atoms with Crippen LogP contribution < -0.4 is 15.4 Å². The van der Waals surface area contributed by atoms with Crippen molar-refractivity contribution in [2.75, 3.05) is 26.7 Å². The maximum absolute atomic E-state index is 9.69. The molecule has 0 spiro atoms. The molecule has 0 fully saturated rings. The minimum Gasteiger partial charge on any atom is -0.504 e. The van der Waals surface area contributed by atoms with Crippen molar-refractivity contribution in [3.05, 3.63) is 59.8 Å². The van der Waals surface area contributed by atoms with E-state index in [2.05, 4.69) is 46.9 Å². The van der Waals surface area contributed by atoms with E-state index >= 15 is 0 Å². The molecule has 0 atom stereocenters. The van der Waals surface area contributed by atoms with Gasteiger partial charge in [-0.3, -0.25) is 4.99 Å². The fraction of sp³-hybridized carbons (Fsp3) is 0.318. The van der Waals surface area contributed by atoms with E-state index in [1.54, 1.807) is 13.2 Å². The summed E-state index contributed by atoms with van der Waals surface area (Å²) in [4.78, 5) is 8.00. The number of methoxy groups -OCH3 is 1. The first-order valence-electron chi connectivity index (χ1n) is 9.64. The molecule has 3 aromatic rings. The van der Waals surface area contributed by atoms with Crippen LogP contribution in [-0.2, 0) is 12.8 Å². The van der Waals surface area contributed by atoms with E-state index < -0.39 is 0 Å². The summed E-state index contributed by atoms with van der Waals surface area (Å²) in [6, 6.07) is 13.8. The zero-order valence-corrected chi connectivity index (χ0v) is 19.2. The van der Waals surface area contributed by atoms with Crippen LogP contribution in [0, 0.1) is 0 Å². The Balaban J connectivity index is 0.00000300. The van der Waals surface area contributed by atoms with Gasteiger partial charge in [-0.2, -0.15) is 0 Å². The monoisotopic (exact) mass is 508 g/mol. The molecule has 0 aliphatic rings. The quantitative estimate of drug-likeness (QED) is 0.212. The van der Waals surface area contributed by atoms with Gasteiger partial charge in [-0.15, -0.1) is 24.0 Å². The molecule has 0 saturated carbocycles. The predicted molar refractivity (Wildman–Crippen MR) is 130 cm³/mol. The van der Waals surface area contributed by atoms with E-state index in [1.165, 1.54) is 10.9 Å². The molecule has 0 aliphatic carbocycles. The summed E-state index contributed by atoms with van der Waals surface area (Å²) in [5.74, 6) is 1.47. The standard InChI is InChI=1S/C22H28N4O2.HI/c1-3-23-22(24-12-10-16-8-9-20(27)21(14-16)28-2)25-13-11-17-15-26-19-7-5-4-6-18(17)19;/h4-9,14-15,26-27H,3,10-13H2,1-2H3,(H2,23,24,25);1H. The summed E-state index contributed by atoms with van der Waals surface area (Å²) in [5.41, 5.74) is 3.54. The Morgan fingerprint density at radius 1 is 1.14 bits per heavy atom. The molecule has 6 nitrogen and oxygen atoms in total. The Labute approximate surface area is 188 Å². The number of aromatic hydroxyl groups is 1. The third kappa shape index (κ3) is 6.28. The highest BCUT2D eigenvalue weighted by molar-refractivity contribution is 14.0. The lowest BCUT2D eigenvalue weighted by Gasteiger charge is -2.12. The number of H-pyrrole nitrogens is 1. The summed E-state index contributed by atoms with van der Waals surface area (Å²) in [6.45, 7) is 4.32. The summed E-state index contributed by atoms with van der Waals surface area (Å²) < 4.78 is 5.16. The van der Waals surface area contributed by atoms with Crippen molar-refractivity contribution < 1.29 is 9.84 Å². The molecule has 0 radical (unpaired) electrons. The number of para-hydroxylation sites is 1. The molecular formula is C22H29IN4O2. The van der Waals surface area contributed by atoms with Crippen LogP contribution in [-0.4, -0.2) is 42.8 Å². The molecule has 0 amide bonds. The average Bonchev–Trinajstić information content (AvgIpc) is 3.12. The Hall–Kier alpha value is -2.42. The van der Waals surface area contributed by atoms with Crippen molar-refractivity contribution in [2.45, 2.75) is 19.8 Å². The van der Waals surface area contributed by atoms with Crippen LogP contribution in [0.25, 0.3) is 10.9 Å². The lowest BCUT2D eigenvalue weighted by atomic mass is 10.1. The number of aromatic nitrogens is 1. The van der Waals surface area contributed by atoms with Crippen LogP contribution >= 0.6 is 24.0 Å². The van der Waals surface area contributed by atoms with Crippen LogP contribution in [0.4, 0.5) is 0 Å². The average molecular weight is 508 g/mol. The lowest BCUT2D eigenvalue weighted by molar-refractivity contribution is 0.373. The van der Waals surface area contributed by atoms with Crippen molar-refractivity contribution in [1.82, 2.24) is 15.6 Å². The normalized spacial score (nSPS) is 11.2. The molecule has 2 aromatic carbocycles. The van der Waals surface area contributed by atoms with Crippen LogP contribution in [0.5, 0.6) is 11.5 Å². The molecule has 0 bridgehead atoms. The van der Waals surface area contributed by atoms with Crippen LogP contribution in [0.1, 0.15) is 18.1 Å². The van der Waals surface area contributed by atoms with Crippen molar-refractivity contribution in [2.24, 2.45) is 4.99 Å². The highest BCUT2D eigenvalue weighted by Crippen LogP contribution is 2.26. The molecule has 4 N–H and O–H groups in total. The number of benzene rings is 2. The number of aromatic amines is 1. The largest absolute Gasteiger partial charge is 0.504 e. The number of aliphatic imine (C=N–C) groups is 1. The fourth-order valence-corrected chi connectivity index (χ4v) is 3.17. The summed E-state index contributed by atoms with van der Waals surface area (Å²) in [5, 5.41) is 17.6. The van der Waals surface area contributed by atoms with Gasteiger partial charge in [0.2, 0.25) is 0 Å². The first-order valence-corrected chi connectivity index (χ1v) is 9.64. The van der Waals surface area contributed by atoms with Crippen LogP contribution in [0.2, 0.25) is 0 Å². The summed E-state index contributed by atoms with van der Waals surface area (Å²) >= 11 is 0. The Kier molecular flexibility index (Phi) is 9.11. The van der Waals surface area contributed by atoms with Crippen LogP contribution in [0.15, 0.2) is 53.7 Å². The van der Waals surface area contributed by atoms with Gasteiger partial charge >= 0.3 is 0 Å². The van der Waals surface area contributed by atoms with E-state index in [0.29, 0.717) is 12.3 Å². The lowest BCUT2D eigenvalue weighted by Crippen LogP contribution is -2.38. The molecule has 0 aliphatic heterocycles. The minimum atomic E-state index is 0. The number of fused-ring (bicyclic) bond motifs is 1. The number of hydrogen-bond donors (Lipinski definition) is 4. The van der Waals surface area contributed by atoms with Crippen molar-refractivity contribution in [3.63, 3.8) is 0 Å². The molecule has 156 valence electrons. The number of ether oxygens (including phenoxy) is 1. The number of phenolic OH excluding ortho intramolecular Hbond substituents is 1.